The molecule has 0 unspecified atom stereocenters. The molecule has 3 rings (SSSR count). The Balaban J connectivity index is 1.92. The molecular weight excluding hydrogens is 190 g/mol. The Kier molecular flexibility index (Phi) is 1.97. The molecule has 0 bridgehead atoms. The smallest absolute Gasteiger partial charge is 0.231 e. The van der Waals surface area contributed by atoms with E-state index >= 15 is 0 Å². The molecule has 0 aliphatic carbocycles. The van der Waals surface area contributed by atoms with E-state index in [-0.39, 0.29) is 0 Å². The highest BCUT2D eigenvalue weighted by Gasteiger charge is 2.22. The number of ether oxygens (including phenoxy) is 2. The van der Waals surface area contributed by atoms with Crippen molar-refractivity contribution in [3.05, 3.63) is 18.2 Å². The van der Waals surface area contributed by atoms with Crippen LogP contribution in [0.25, 0.3) is 0 Å². The molecule has 80 valence electrons. The summed E-state index contributed by atoms with van der Waals surface area (Å²) >= 11 is 0. The first-order valence-electron chi connectivity index (χ1n) is 5.51. The lowest BCUT2D eigenvalue weighted by Gasteiger charge is -2.23. The maximum Gasteiger partial charge on any atom is 0.231 e. The molecule has 3 nitrogen and oxygen atoms in total. The monoisotopic (exact) mass is 205 g/mol. The number of rotatable bonds is 1. The third-order valence-corrected chi connectivity index (χ3v) is 3.24. The average molecular weight is 205 g/mol. The summed E-state index contributed by atoms with van der Waals surface area (Å²) in [5, 5.41) is 0. The van der Waals surface area contributed by atoms with Crippen molar-refractivity contribution in [1.29, 1.82) is 0 Å². The summed E-state index contributed by atoms with van der Waals surface area (Å²) < 4.78 is 10.7. The van der Waals surface area contributed by atoms with Crippen molar-refractivity contribution < 1.29 is 9.47 Å². The molecular formula is C12H15NO2. The fraction of sp³-hybridized carbons (Fsp3) is 0.500. The van der Waals surface area contributed by atoms with Gasteiger partial charge in [-0.1, -0.05) is 0 Å². The van der Waals surface area contributed by atoms with Crippen molar-refractivity contribution in [1.82, 2.24) is 0 Å². The predicted octanol–water partition coefficient (Wildman–Crippen LogP) is 2.40. The summed E-state index contributed by atoms with van der Waals surface area (Å²) in [7, 11) is 0. The van der Waals surface area contributed by atoms with Crippen LogP contribution >= 0.6 is 0 Å². The highest BCUT2D eigenvalue weighted by atomic mass is 16.7. The Hall–Kier alpha value is -1.38. The van der Waals surface area contributed by atoms with Gasteiger partial charge in [0.15, 0.2) is 11.5 Å². The highest BCUT2D eigenvalue weighted by Crippen LogP contribution is 2.37. The van der Waals surface area contributed by atoms with Crippen LogP contribution in [0.15, 0.2) is 18.2 Å². The summed E-state index contributed by atoms with van der Waals surface area (Å²) in [4.78, 5) is 2.43. The molecule has 0 amide bonds. The summed E-state index contributed by atoms with van der Waals surface area (Å²) in [5.74, 6) is 1.75. The second-order valence-electron chi connectivity index (χ2n) is 4.22. The van der Waals surface area contributed by atoms with E-state index in [0.717, 1.165) is 18.0 Å². The maximum absolute atomic E-state index is 5.39. The molecule has 2 heterocycles. The fourth-order valence-corrected chi connectivity index (χ4v) is 2.38. The topological polar surface area (TPSA) is 21.7 Å². The highest BCUT2D eigenvalue weighted by molar-refractivity contribution is 5.58. The van der Waals surface area contributed by atoms with Crippen molar-refractivity contribution in [2.24, 2.45) is 0 Å². The Bertz CT molecular complexity index is 378. The van der Waals surface area contributed by atoms with E-state index in [2.05, 4.69) is 24.0 Å². The van der Waals surface area contributed by atoms with Gasteiger partial charge in [-0.05, 0) is 31.9 Å². The standard InChI is InChI=1S/C12H15NO2/c1-9-3-2-6-13(9)10-4-5-11-12(7-10)15-8-14-11/h4-5,7,9H,2-3,6,8H2,1H3/t9-/m1/s1. The first-order chi connectivity index (χ1) is 7.34. The zero-order valence-electron chi connectivity index (χ0n) is 8.90. The van der Waals surface area contributed by atoms with Crippen LogP contribution in [-0.2, 0) is 0 Å². The molecule has 1 aromatic carbocycles. The summed E-state index contributed by atoms with van der Waals surface area (Å²) in [5.41, 5.74) is 1.25. The Morgan fingerprint density at radius 3 is 2.93 bits per heavy atom. The normalized spacial score (nSPS) is 23.5. The summed E-state index contributed by atoms with van der Waals surface area (Å²) in [6.45, 7) is 3.78. The number of fused-ring (bicyclic) bond motifs is 1. The van der Waals surface area contributed by atoms with E-state index in [0.29, 0.717) is 12.8 Å². The van der Waals surface area contributed by atoms with E-state index in [1.807, 2.05) is 6.07 Å². The summed E-state index contributed by atoms with van der Waals surface area (Å²) in [6.07, 6.45) is 2.57. The van der Waals surface area contributed by atoms with Gasteiger partial charge in [-0.15, -0.1) is 0 Å². The van der Waals surface area contributed by atoms with Crippen LogP contribution in [0.4, 0.5) is 5.69 Å². The molecule has 3 heteroatoms. The lowest BCUT2D eigenvalue weighted by atomic mass is 10.2. The molecule has 2 aliphatic rings. The van der Waals surface area contributed by atoms with Crippen molar-refractivity contribution in [2.45, 2.75) is 25.8 Å². The van der Waals surface area contributed by atoms with Gasteiger partial charge in [-0.3, -0.25) is 0 Å². The largest absolute Gasteiger partial charge is 0.454 e. The van der Waals surface area contributed by atoms with E-state index in [1.165, 1.54) is 18.5 Å². The minimum absolute atomic E-state index is 0.355. The van der Waals surface area contributed by atoms with Gasteiger partial charge in [0.2, 0.25) is 6.79 Å². The molecule has 0 saturated carbocycles. The van der Waals surface area contributed by atoms with Crippen LogP contribution in [-0.4, -0.2) is 19.4 Å². The number of hydrogen-bond donors (Lipinski definition) is 0. The van der Waals surface area contributed by atoms with Crippen LogP contribution in [0.3, 0.4) is 0 Å². The zero-order chi connectivity index (χ0) is 10.3. The second-order valence-corrected chi connectivity index (χ2v) is 4.22. The van der Waals surface area contributed by atoms with E-state index in [4.69, 9.17) is 9.47 Å². The molecule has 1 atom stereocenters. The number of hydrogen-bond acceptors (Lipinski definition) is 3. The molecule has 1 fully saturated rings. The van der Waals surface area contributed by atoms with E-state index < -0.39 is 0 Å². The van der Waals surface area contributed by atoms with Crippen LogP contribution in [0.2, 0.25) is 0 Å². The lowest BCUT2D eigenvalue weighted by Crippen LogP contribution is -2.25. The van der Waals surface area contributed by atoms with Gasteiger partial charge < -0.3 is 14.4 Å². The van der Waals surface area contributed by atoms with Gasteiger partial charge in [0.25, 0.3) is 0 Å². The number of benzene rings is 1. The van der Waals surface area contributed by atoms with Crippen LogP contribution in [0.1, 0.15) is 19.8 Å². The number of nitrogens with zero attached hydrogens (tertiary/aromatic N) is 1. The first kappa shape index (κ1) is 8.89. The second kappa shape index (κ2) is 3.33. The molecule has 15 heavy (non-hydrogen) atoms. The number of anilines is 1. The first-order valence-corrected chi connectivity index (χ1v) is 5.51. The van der Waals surface area contributed by atoms with Crippen LogP contribution in [0.5, 0.6) is 11.5 Å². The van der Waals surface area contributed by atoms with Gasteiger partial charge in [0, 0.05) is 24.3 Å². The van der Waals surface area contributed by atoms with E-state index in [1.54, 1.807) is 0 Å². The van der Waals surface area contributed by atoms with Crippen LogP contribution in [0, 0.1) is 0 Å². The zero-order valence-corrected chi connectivity index (χ0v) is 8.90. The minimum atomic E-state index is 0.355. The van der Waals surface area contributed by atoms with Crippen molar-refractivity contribution in [3.63, 3.8) is 0 Å². The minimum Gasteiger partial charge on any atom is -0.454 e. The Labute approximate surface area is 89.6 Å². The quantitative estimate of drug-likeness (QED) is 0.702. The molecule has 1 aromatic rings. The van der Waals surface area contributed by atoms with Gasteiger partial charge in [-0.25, -0.2) is 0 Å². The molecule has 0 aromatic heterocycles. The molecule has 0 radical (unpaired) electrons. The van der Waals surface area contributed by atoms with Gasteiger partial charge in [0.1, 0.15) is 0 Å². The van der Waals surface area contributed by atoms with Gasteiger partial charge >= 0.3 is 0 Å². The van der Waals surface area contributed by atoms with Crippen molar-refractivity contribution in [3.8, 4) is 11.5 Å². The molecule has 2 aliphatic heterocycles. The van der Waals surface area contributed by atoms with Crippen molar-refractivity contribution in [2.75, 3.05) is 18.2 Å². The molecule has 1 saturated heterocycles. The van der Waals surface area contributed by atoms with E-state index in [9.17, 15) is 0 Å². The SMILES string of the molecule is C[C@@H]1CCCN1c1ccc2c(c1)OCO2. The maximum atomic E-state index is 5.39. The Morgan fingerprint density at radius 1 is 1.27 bits per heavy atom. The molecule has 0 spiro atoms. The molecule has 0 N–H and O–H groups in total. The Morgan fingerprint density at radius 2 is 2.13 bits per heavy atom. The lowest BCUT2D eigenvalue weighted by molar-refractivity contribution is 0.174. The van der Waals surface area contributed by atoms with Gasteiger partial charge in [0.05, 0.1) is 0 Å². The van der Waals surface area contributed by atoms with Crippen LogP contribution < -0.4 is 14.4 Å². The van der Waals surface area contributed by atoms with Crippen molar-refractivity contribution >= 4 is 5.69 Å². The fourth-order valence-electron chi connectivity index (χ4n) is 2.38. The third kappa shape index (κ3) is 1.42. The predicted molar refractivity (Wildman–Crippen MR) is 58.6 cm³/mol. The average Bonchev–Trinajstić information content (AvgIpc) is 2.84. The summed E-state index contributed by atoms with van der Waals surface area (Å²) in [6, 6.07) is 6.85. The third-order valence-electron chi connectivity index (χ3n) is 3.24. The van der Waals surface area contributed by atoms with Gasteiger partial charge in [-0.2, -0.15) is 0 Å².